The molecule has 84 valence electrons. The summed E-state index contributed by atoms with van der Waals surface area (Å²) in [4.78, 5) is 2.20. The van der Waals surface area contributed by atoms with Crippen LogP contribution in [0.15, 0.2) is 30.3 Å². The molecule has 0 saturated carbocycles. The van der Waals surface area contributed by atoms with Gasteiger partial charge in [0.1, 0.15) is 0 Å². The molecule has 0 bridgehead atoms. The second-order valence-electron chi connectivity index (χ2n) is 2.54. The molecule has 0 aliphatic rings. The molecule has 1 aromatic carbocycles. The van der Waals surface area contributed by atoms with E-state index in [1.54, 1.807) is 24.3 Å². The van der Waals surface area contributed by atoms with Crippen LogP contribution in [0.1, 0.15) is 0 Å². The van der Waals surface area contributed by atoms with Crippen molar-refractivity contribution in [3.05, 3.63) is 30.3 Å². The molecule has 0 aliphatic carbocycles. The first kappa shape index (κ1) is 13.4. The Bertz CT molecular complexity index is 416. The summed E-state index contributed by atoms with van der Waals surface area (Å²) in [5.74, 6) is 0. The van der Waals surface area contributed by atoms with Crippen LogP contribution in [-0.2, 0) is 10.0 Å². The molecule has 0 aliphatic heterocycles. The second-order valence-corrected chi connectivity index (χ2v) is 12.7. The SMILES string of the molecule is O=S(=O)(NNc1ccccc1)C(Br)(Br)Br. The molecule has 1 rings (SSSR count). The second kappa shape index (κ2) is 5.13. The monoisotopic (exact) mass is 420 g/mol. The van der Waals surface area contributed by atoms with Crippen molar-refractivity contribution in [1.82, 2.24) is 4.83 Å². The van der Waals surface area contributed by atoms with E-state index in [0.29, 0.717) is 5.69 Å². The lowest BCUT2D eigenvalue weighted by molar-refractivity contribution is 0.590. The number of hydrogen-bond donors (Lipinski definition) is 2. The Labute approximate surface area is 113 Å². The summed E-state index contributed by atoms with van der Waals surface area (Å²) in [6, 6.07) is 8.89. The Balaban J connectivity index is 2.67. The molecule has 0 heterocycles. The van der Waals surface area contributed by atoms with E-state index in [1.165, 1.54) is 0 Å². The Hall–Kier alpha value is 0.370. The lowest BCUT2D eigenvalue weighted by Gasteiger charge is -2.15. The Morgan fingerprint density at radius 1 is 1.07 bits per heavy atom. The highest BCUT2D eigenvalue weighted by Gasteiger charge is 2.35. The third kappa shape index (κ3) is 4.03. The van der Waals surface area contributed by atoms with Gasteiger partial charge in [-0.25, -0.2) is 8.42 Å². The van der Waals surface area contributed by atoms with Crippen LogP contribution in [0, 0.1) is 0 Å². The first-order valence-corrected chi connectivity index (χ1v) is 7.58. The largest absolute Gasteiger partial charge is 0.308 e. The van der Waals surface area contributed by atoms with Gasteiger partial charge in [0, 0.05) is 5.69 Å². The molecule has 15 heavy (non-hydrogen) atoms. The van der Waals surface area contributed by atoms with Crippen LogP contribution < -0.4 is 10.3 Å². The quantitative estimate of drug-likeness (QED) is 0.581. The standard InChI is InChI=1S/C7H7Br3N2O2S/c8-7(9,10)15(13,14)12-11-6-4-2-1-3-5-6/h1-5,11-12H. The van der Waals surface area contributed by atoms with Gasteiger partial charge < -0.3 is 5.43 Å². The fraction of sp³-hybridized carbons (Fsp3) is 0.143. The fourth-order valence-electron chi connectivity index (χ4n) is 0.705. The number of nitrogens with one attached hydrogen (secondary N) is 2. The fourth-order valence-corrected chi connectivity index (χ4v) is 1.80. The normalized spacial score (nSPS) is 12.5. The molecule has 0 spiro atoms. The van der Waals surface area contributed by atoms with Crippen LogP contribution in [0.2, 0.25) is 0 Å². The molecule has 2 N–H and O–H groups in total. The maximum absolute atomic E-state index is 11.5. The molecular weight excluding hydrogens is 416 g/mol. The predicted molar refractivity (Wildman–Crippen MR) is 71.6 cm³/mol. The minimum atomic E-state index is -3.61. The minimum absolute atomic E-state index is 0.651. The van der Waals surface area contributed by atoms with Crippen LogP contribution in [-0.4, -0.2) is 9.89 Å². The molecule has 8 heteroatoms. The zero-order valence-corrected chi connectivity index (χ0v) is 12.8. The summed E-state index contributed by atoms with van der Waals surface area (Å²) in [7, 11) is -3.61. The van der Waals surface area contributed by atoms with Gasteiger partial charge in [-0.2, -0.15) is 0 Å². The van der Waals surface area contributed by atoms with Gasteiger partial charge >= 0.3 is 0 Å². The molecule has 0 fully saturated rings. The van der Waals surface area contributed by atoms with E-state index in [4.69, 9.17) is 0 Å². The lowest BCUT2D eigenvalue weighted by Crippen LogP contribution is -2.37. The van der Waals surface area contributed by atoms with Crippen LogP contribution in [0.25, 0.3) is 0 Å². The summed E-state index contributed by atoms with van der Waals surface area (Å²) in [6.07, 6.45) is 0. The van der Waals surface area contributed by atoms with Crippen LogP contribution >= 0.6 is 47.8 Å². The van der Waals surface area contributed by atoms with E-state index < -0.39 is 11.5 Å². The third-order valence-corrected chi connectivity index (χ3v) is 6.22. The Morgan fingerprint density at radius 2 is 1.60 bits per heavy atom. The minimum Gasteiger partial charge on any atom is -0.308 e. The first-order valence-electron chi connectivity index (χ1n) is 3.72. The van der Waals surface area contributed by atoms with Crippen LogP contribution in [0.4, 0.5) is 5.69 Å². The molecule has 0 radical (unpaired) electrons. The summed E-state index contributed by atoms with van der Waals surface area (Å²) in [6.45, 7) is 0. The van der Waals surface area contributed by atoms with Gasteiger partial charge in [-0.15, -0.1) is 4.83 Å². The number of halogens is 3. The summed E-state index contributed by atoms with van der Waals surface area (Å²) in [5.41, 5.74) is 3.21. The van der Waals surface area contributed by atoms with E-state index in [9.17, 15) is 8.42 Å². The molecular formula is C7H7Br3N2O2S. The number of alkyl halides is 3. The zero-order valence-electron chi connectivity index (χ0n) is 7.25. The molecule has 0 amide bonds. The topological polar surface area (TPSA) is 58.2 Å². The Kier molecular flexibility index (Phi) is 4.60. The number of hydrazine groups is 1. The lowest BCUT2D eigenvalue weighted by atomic mass is 10.3. The number of hydrogen-bond acceptors (Lipinski definition) is 3. The molecule has 4 nitrogen and oxygen atoms in total. The summed E-state index contributed by atoms with van der Waals surface area (Å²) < 4.78 is 21.6. The van der Waals surface area contributed by atoms with E-state index in [-0.39, 0.29) is 0 Å². The maximum atomic E-state index is 11.5. The van der Waals surface area contributed by atoms with E-state index in [0.717, 1.165) is 0 Å². The van der Waals surface area contributed by atoms with Gasteiger partial charge in [-0.1, -0.05) is 18.2 Å². The molecule has 0 unspecified atom stereocenters. The van der Waals surface area contributed by atoms with E-state index in [1.807, 2.05) is 6.07 Å². The van der Waals surface area contributed by atoms with Crippen molar-refractivity contribution in [1.29, 1.82) is 0 Å². The highest BCUT2D eigenvalue weighted by atomic mass is 80.0. The number of rotatable bonds is 3. The van der Waals surface area contributed by atoms with Crippen molar-refractivity contribution in [3.63, 3.8) is 0 Å². The van der Waals surface area contributed by atoms with Gasteiger partial charge in [0.2, 0.25) is 1.47 Å². The van der Waals surface area contributed by atoms with Gasteiger partial charge in [0.25, 0.3) is 10.0 Å². The summed E-state index contributed by atoms with van der Waals surface area (Å²) >= 11 is 8.75. The van der Waals surface area contributed by atoms with Crippen molar-refractivity contribution in [2.75, 3.05) is 5.43 Å². The smallest absolute Gasteiger partial charge is 0.264 e. The van der Waals surface area contributed by atoms with Crippen molar-refractivity contribution < 1.29 is 8.42 Å². The third-order valence-electron chi connectivity index (χ3n) is 1.41. The zero-order chi connectivity index (χ0) is 11.5. The van der Waals surface area contributed by atoms with Crippen molar-refractivity contribution in [2.45, 2.75) is 1.47 Å². The van der Waals surface area contributed by atoms with E-state index >= 15 is 0 Å². The highest BCUT2D eigenvalue weighted by Crippen LogP contribution is 2.38. The average Bonchev–Trinajstić information content (AvgIpc) is 2.15. The van der Waals surface area contributed by atoms with Gasteiger partial charge in [-0.3, -0.25) is 0 Å². The number of sulfonamides is 1. The van der Waals surface area contributed by atoms with Crippen LogP contribution in [0.5, 0.6) is 0 Å². The van der Waals surface area contributed by atoms with E-state index in [2.05, 4.69) is 58.0 Å². The number of para-hydroxylation sites is 1. The number of anilines is 1. The molecule has 0 atom stereocenters. The van der Waals surface area contributed by atoms with Crippen molar-refractivity contribution >= 4 is 63.5 Å². The predicted octanol–water partition coefficient (Wildman–Crippen LogP) is 2.73. The summed E-state index contributed by atoms with van der Waals surface area (Å²) in [5, 5.41) is 0. The Morgan fingerprint density at radius 3 is 2.07 bits per heavy atom. The maximum Gasteiger partial charge on any atom is 0.264 e. The van der Waals surface area contributed by atoms with Gasteiger partial charge in [-0.05, 0) is 59.9 Å². The van der Waals surface area contributed by atoms with Crippen molar-refractivity contribution in [2.24, 2.45) is 0 Å². The van der Waals surface area contributed by atoms with Gasteiger partial charge in [0.05, 0.1) is 0 Å². The first-order chi connectivity index (χ1) is 6.83. The average molecular weight is 423 g/mol. The van der Waals surface area contributed by atoms with Crippen LogP contribution in [0.3, 0.4) is 0 Å². The molecule has 0 aromatic heterocycles. The highest BCUT2D eigenvalue weighted by molar-refractivity contribution is 9.42. The number of benzene rings is 1. The van der Waals surface area contributed by atoms with Crippen molar-refractivity contribution in [3.8, 4) is 0 Å². The van der Waals surface area contributed by atoms with Gasteiger partial charge in [0.15, 0.2) is 0 Å². The molecule has 1 aromatic rings. The molecule has 0 saturated heterocycles.